The Morgan fingerprint density at radius 2 is 1.97 bits per heavy atom. The van der Waals surface area contributed by atoms with Crippen LogP contribution in [-0.2, 0) is 17.6 Å². The van der Waals surface area contributed by atoms with Crippen LogP contribution in [0.25, 0.3) is 11.0 Å². The maximum absolute atomic E-state index is 12.7. The number of aryl methyl sites for hydroxylation is 1. The fraction of sp³-hybridized carbons (Fsp3) is 0.480. The molecule has 0 bridgehead atoms. The van der Waals surface area contributed by atoms with Crippen LogP contribution in [0.3, 0.4) is 0 Å². The summed E-state index contributed by atoms with van der Waals surface area (Å²) in [6.45, 7) is 2.41. The number of anilines is 1. The Bertz CT molecular complexity index is 1260. The standard InChI is InChI=1S/C25H29N5O2S/c26-16-19-18-6-2-1-3-9-22(18)33-24(19)28-23(31)12-15-29-13-10-17(11-14-29)30-21-8-5-4-7-20(21)27-25(30)32/h4-5,7-8,17H,1-3,6,9-15H2,(H,27,32)(H,28,31). The van der Waals surface area contributed by atoms with Gasteiger partial charge in [-0.05, 0) is 56.2 Å². The number of likely N-dealkylation sites (tertiary alicyclic amines) is 1. The van der Waals surface area contributed by atoms with E-state index in [-0.39, 0.29) is 17.6 Å². The van der Waals surface area contributed by atoms with Gasteiger partial charge in [0.1, 0.15) is 11.1 Å². The number of carbonyl (C=O) groups is 1. The number of rotatable bonds is 5. The number of H-pyrrole nitrogens is 1. The second-order valence-corrected chi connectivity index (χ2v) is 10.2. The molecular weight excluding hydrogens is 434 g/mol. The van der Waals surface area contributed by atoms with Gasteiger partial charge in [-0.25, -0.2) is 4.79 Å². The van der Waals surface area contributed by atoms with Crippen molar-refractivity contribution in [2.24, 2.45) is 0 Å². The van der Waals surface area contributed by atoms with Gasteiger partial charge in [0, 0.05) is 37.0 Å². The number of nitrogens with zero attached hydrogens (tertiary/aromatic N) is 3. The number of carbonyl (C=O) groups excluding carboxylic acids is 1. The van der Waals surface area contributed by atoms with Crippen molar-refractivity contribution in [3.05, 3.63) is 50.8 Å². The lowest BCUT2D eigenvalue weighted by molar-refractivity contribution is -0.116. The van der Waals surface area contributed by atoms with E-state index in [2.05, 4.69) is 21.3 Å². The lowest BCUT2D eigenvalue weighted by Crippen LogP contribution is -2.38. The van der Waals surface area contributed by atoms with Crippen LogP contribution in [0.15, 0.2) is 29.1 Å². The Labute approximate surface area is 197 Å². The summed E-state index contributed by atoms with van der Waals surface area (Å²) in [6, 6.07) is 10.3. The molecule has 1 fully saturated rings. The molecule has 3 aromatic rings. The Morgan fingerprint density at radius 1 is 1.18 bits per heavy atom. The number of hydrogen-bond donors (Lipinski definition) is 2. The molecule has 0 saturated carbocycles. The molecule has 0 unspecified atom stereocenters. The van der Waals surface area contributed by atoms with Crippen molar-refractivity contribution in [2.75, 3.05) is 25.0 Å². The lowest BCUT2D eigenvalue weighted by Gasteiger charge is -2.32. The second-order valence-electron chi connectivity index (χ2n) is 9.07. The SMILES string of the molecule is N#Cc1c(NC(=O)CCN2CCC(n3c(=O)[nH]c4ccccc43)CC2)sc2c1CCCCC2. The molecule has 1 amide bonds. The van der Waals surface area contributed by atoms with E-state index in [1.54, 1.807) is 11.3 Å². The summed E-state index contributed by atoms with van der Waals surface area (Å²) in [7, 11) is 0. The lowest BCUT2D eigenvalue weighted by atomic mass is 10.0. The molecule has 1 saturated heterocycles. The maximum Gasteiger partial charge on any atom is 0.326 e. The van der Waals surface area contributed by atoms with Gasteiger partial charge in [0.25, 0.3) is 0 Å². The zero-order valence-electron chi connectivity index (χ0n) is 18.7. The second kappa shape index (κ2) is 9.54. The van der Waals surface area contributed by atoms with Crippen LogP contribution in [-0.4, -0.2) is 40.0 Å². The van der Waals surface area contributed by atoms with Gasteiger partial charge < -0.3 is 15.2 Å². The fourth-order valence-electron chi connectivity index (χ4n) is 5.24. The highest BCUT2D eigenvalue weighted by molar-refractivity contribution is 7.16. The molecule has 8 heteroatoms. The van der Waals surface area contributed by atoms with Crippen LogP contribution in [0, 0.1) is 11.3 Å². The molecule has 172 valence electrons. The molecule has 2 aliphatic rings. The average molecular weight is 464 g/mol. The first kappa shape index (κ1) is 21.9. The van der Waals surface area contributed by atoms with E-state index in [0.717, 1.165) is 73.2 Å². The van der Waals surface area contributed by atoms with Crippen molar-refractivity contribution >= 4 is 33.3 Å². The molecular formula is C25H29N5O2S. The van der Waals surface area contributed by atoms with E-state index in [0.29, 0.717) is 18.5 Å². The van der Waals surface area contributed by atoms with Crippen LogP contribution < -0.4 is 11.0 Å². The number of thiophene rings is 1. The summed E-state index contributed by atoms with van der Waals surface area (Å²) in [4.78, 5) is 31.6. The molecule has 5 rings (SSSR count). The number of nitriles is 1. The number of benzene rings is 1. The first-order valence-electron chi connectivity index (χ1n) is 11.9. The summed E-state index contributed by atoms with van der Waals surface area (Å²) < 4.78 is 1.89. The Balaban J connectivity index is 1.16. The Morgan fingerprint density at radius 3 is 2.79 bits per heavy atom. The van der Waals surface area contributed by atoms with Crippen molar-refractivity contribution < 1.29 is 4.79 Å². The first-order chi connectivity index (χ1) is 16.1. The highest BCUT2D eigenvalue weighted by Crippen LogP contribution is 2.37. The third-order valence-electron chi connectivity index (χ3n) is 6.99. The minimum atomic E-state index is -0.0447. The predicted molar refractivity (Wildman–Crippen MR) is 131 cm³/mol. The summed E-state index contributed by atoms with van der Waals surface area (Å²) in [5.74, 6) is -0.0297. The molecule has 33 heavy (non-hydrogen) atoms. The third kappa shape index (κ3) is 4.48. The van der Waals surface area contributed by atoms with Crippen LogP contribution in [0.2, 0.25) is 0 Å². The molecule has 2 aromatic heterocycles. The molecule has 1 aromatic carbocycles. The van der Waals surface area contributed by atoms with Gasteiger partial charge in [0.05, 0.1) is 16.6 Å². The first-order valence-corrected chi connectivity index (χ1v) is 12.7. The van der Waals surface area contributed by atoms with E-state index >= 15 is 0 Å². The number of fused-ring (bicyclic) bond motifs is 2. The molecule has 3 heterocycles. The summed E-state index contributed by atoms with van der Waals surface area (Å²) in [5.41, 5.74) is 3.63. The Kier molecular flexibility index (Phi) is 6.34. The smallest absolute Gasteiger partial charge is 0.317 e. The van der Waals surface area contributed by atoms with E-state index < -0.39 is 0 Å². The minimum absolute atomic E-state index is 0.0297. The van der Waals surface area contributed by atoms with E-state index in [1.165, 1.54) is 11.3 Å². The number of hydrogen-bond acceptors (Lipinski definition) is 5. The van der Waals surface area contributed by atoms with E-state index in [9.17, 15) is 14.9 Å². The van der Waals surface area contributed by atoms with Crippen LogP contribution in [0.4, 0.5) is 5.00 Å². The average Bonchev–Trinajstić information content (AvgIpc) is 3.23. The zero-order valence-corrected chi connectivity index (χ0v) is 19.5. The maximum atomic E-state index is 12.7. The number of piperidine rings is 1. The summed E-state index contributed by atoms with van der Waals surface area (Å²) >= 11 is 1.59. The number of aromatic amines is 1. The van der Waals surface area contributed by atoms with Crippen molar-refractivity contribution in [1.29, 1.82) is 5.26 Å². The summed E-state index contributed by atoms with van der Waals surface area (Å²) in [6.07, 6.45) is 7.63. The van der Waals surface area contributed by atoms with Gasteiger partial charge in [-0.3, -0.25) is 9.36 Å². The molecule has 0 radical (unpaired) electrons. The number of nitrogens with one attached hydrogen (secondary N) is 2. The number of aromatic nitrogens is 2. The van der Waals surface area contributed by atoms with Crippen molar-refractivity contribution in [2.45, 2.75) is 57.4 Å². The predicted octanol–water partition coefficient (Wildman–Crippen LogP) is 4.20. The van der Waals surface area contributed by atoms with Gasteiger partial charge in [-0.1, -0.05) is 18.6 Å². The number of imidazole rings is 1. The zero-order chi connectivity index (χ0) is 22.8. The van der Waals surface area contributed by atoms with Crippen molar-refractivity contribution in [1.82, 2.24) is 14.5 Å². The molecule has 0 atom stereocenters. The normalized spacial score (nSPS) is 17.4. The van der Waals surface area contributed by atoms with Gasteiger partial charge in [-0.2, -0.15) is 5.26 Å². The largest absolute Gasteiger partial charge is 0.326 e. The quantitative estimate of drug-likeness (QED) is 0.555. The molecule has 0 spiro atoms. The van der Waals surface area contributed by atoms with E-state index in [4.69, 9.17) is 0 Å². The Hall–Kier alpha value is -2.89. The van der Waals surface area contributed by atoms with E-state index in [1.807, 2.05) is 28.8 Å². The third-order valence-corrected chi connectivity index (χ3v) is 8.19. The number of para-hydroxylation sites is 2. The summed E-state index contributed by atoms with van der Waals surface area (Å²) in [5, 5.41) is 13.4. The molecule has 1 aliphatic heterocycles. The van der Waals surface area contributed by atoms with Crippen LogP contribution in [0.5, 0.6) is 0 Å². The highest BCUT2D eigenvalue weighted by Gasteiger charge is 2.25. The minimum Gasteiger partial charge on any atom is -0.317 e. The molecule has 7 nitrogen and oxygen atoms in total. The van der Waals surface area contributed by atoms with Crippen LogP contribution >= 0.6 is 11.3 Å². The fourth-order valence-corrected chi connectivity index (χ4v) is 6.49. The van der Waals surface area contributed by atoms with Crippen molar-refractivity contribution in [3.8, 4) is 6.07 Å². The molecule has 1 aliphatic carbocycles. The number of amides is 1. The van der Waals surface area contributed by atoms with Crippen LogP contribution in [0.1, 0.15) is 60.6 Å². The van der Waals surface area contributed by atoms with Gasteiger partial charge in [0.15, 0.2) is 0 Å². The highest BCUT2D eigenvalue weighted by atomic mass is 32.1. The topological polar surface area (TPSA) is 93.9 Å². The van der Waals surface area contributed by atoms with Gasteiger partial charge >= 0.3 is 5.69 Å². The monoisotopic (exact) mass is 463 g/mol. The van der Waals surface area contributed by atoms with Gasteiger partial charge in [0.2, 0.25) is 5.91 Å². The molecule has 2 N–H and O–H groups in total. The van der Waals surface area contributed by atoms with Crippen molar-refractivity contribution in [3.63, 3.8) is 0 Å². The van der Waals surface area contributed by atoms with Gasteiger partial charge in [-0.15, -0.1) is 11.3 Å².